The van der Waals surface area contributed by atoms with Crippen LogP contribution in [0, 0.1) is 0 Å². The monoisotopic (exact) mass is 631 g/mol. The fraction of sp³-hybridized carbons (Fsp3) is 0.419. The molecule has 238 valence electrons. The number of rotatable bonds is 7. The first kappa shape index (κ1) is 30.6. The third kappa shape index (κ3) is 4.92. The largest absolute Gasteiger partial charge is 0.504 e. The smallest absolute Gasteiger partial charge is 0.491 e. The van der Waals surface area contributed by atoms with E-state index >= 15 is 0 Å². The molecule has 11 nitrogen and oxygen atoms in total. The molecule has 0 unspecified atom stereocenters. The van der Waals surface area contributed by atoms with Crippen LogP contribution in [-0.4, -0.2) is 76.5 Å². The number of piperidine rings is 1. The second-order valence-corrected chi connectivity index (χ2v) is 11.6. The highest BCUT2D eigenvalue weighted by atomic mass is 19.4. The standard InChI is InChI=1S/C31H28F3NO10/c1-35-14-13-29-23-17-7-8-18(36)25(23)45-26(29)19(11-12-30(29,41)20(35)15-17)42-27(39)24(16-5-3-2-4-6-16)43-21(37)9-10-22(38)44-28(40)31(32,33)34/h2-8,11,20,24,26,36,41H,9-10,12-15H2,1H3/t20-,24+,26+,29+,30-/m1/s1. The van der Waals surface area contributed by atoms with Gasteiger partial charge in [0.2, 0.25) is 6.10 Å². The van der Waals surface area contributed by atoms with Crippen molar-refractivity contribution in [3.8, 4) is 11.5 Å². The highest BCUT2D eigenvalue weighted by molar-refractivity contribution is 5.90. The Labute approximate surface area is 254 Å². The molecular formula is C31H28F3NO10. The van der Waals surface area contributed by atoms with Gasteiger partial charge in [0.1, 0.15) is 5.76 Å². The predicted molar refractivity (Wildman–Crippen MR) is 144 cm³/mol. The minimum Gasteiger partial charge on any atom is -0.504 e. The molecule has 4 aliphatic rings. The molecular weight excluding hydrogens is 603 g/mol. The van der Waals surface area contributed by atoms with E-state index in [1.165, 1.54) is 18.2 Å². The van der Waals surface area contributed by atoms with Gasteiger partial charge < -0.3 is 34.1 Å². The van der Waals surface area contributed by atoms with Crippen molar-refractivity contribution in [2.75, 3.05) is 13.6 Å². The summed E-state index contributed by atoms with van der Waals surface area (Å²) >= 11 is 0. The Morgan fingerprint density at radius 1 is 1.09 bits per heavy atom. The molecule has 2 bridgehead atoms. The molecule has 0 radical (unpaired) electrons. The molecule has 5 atom stereocenters. The first-order valence-corrected chi connectivity index (χ1v) is 14.2. The minimum atomic E-state index is -5.39. The van der Waals surface area contributed by atoms with Gasteiger partial charge in [-0.1, -0.05) is 36.4 Å². The number of carbonyl (C=O) groups is 4. The number of benzene rings is 2. The Kier molecular flexibility index (Phi) is 7.39. The number of hydrogen-bond donors (Lipinski definition) is 2. The van der Waals surface area contributed by atoms with Crippen molar-refractivity contribution in [1.29, 1.82) is 0 Å². The number of phenolic OH excluding ortho intramolecular Hbond substituents is 1. The maximum atomic E-state index is 13.7. The fourth-order valence-corrected chi connectivity index (χ4v) is 7.09. The molecule has 14 heteroatoms. The number of alkyl halides is 3. The lowest BCUT2D eigenvalue weighted by molar-refractivity contribution is -0.202. The number of likely N-dealkylation sites (N-methyl/N-ethyl adjacent to an activating group) is 1. The summed E-state index contributed by atoms with van der Waals surface area (Å²) in [5.74, 6) is -6.35. The van der Waals surface area contributed by atoms with Gasteiger partial charge in [-0.25, -0.2) is 9.59 Å². The maximum absolute atomic E-state index is 13.7. The third-order valence-corrected chi connectivity index (χ3v) is 9.11. The molecule has 2 heterocycles. The number of halogens is 3. The van der Waals surface area contributed by atoms with E-state index in [0.717, 1.165) is 5.56 Å². The van der Waals surface area contributed by atoms with E-state index in [0.29, 0.717) is 24.9 Å². The lowest BCUT2D eigenvalue weighted by Gasteiger charge is -2.61. The normalized spacial score (nSPS) is 26.9. The van der Waals surface area contributed by atoms with Gasteiger partial charge in [-0.3, -0.25) is 9.59 Å². The molecule has 0 amide bonds. The van der Waals surface area contributed by atoms with Crippen LogP contribution in [0.15, 0.2) is 54.3 Å². The van der Waals surface area contributed by atoms with Gasteiger partial charge >= 0.3 is 30.1 Å². The van der Waals surface area contributed by atoms with E-state index in [2.05, 4.69) is 9.64 Å². The molecule has 1 spiro atoms. The predicted octanol–water partition coefficient (Wildman–Crippen LogP) is 2.91. The van der Waals surface area contributed by atoms with Crippen LogP contribution in [0.5, 0.6) is 11.5 Å². The molecule has 45 heavy (non-hydrogen) atoms. The molecule has 0 aromatic heterocycles. The Morgan fingerprint density at radius 3 is 2.51 bits per heavy atom. The number of phenols is 1. The van der Waals surface area contributed by atoms with Crippen molar-refractivity contribution in [2.24, 2.45) is 0 Å². The average molecular weight is 632 g/mol. The van der Waals surface area contributed by atoms with E-state index < -0.39 is 66.1 Å². The minimum absolute atomic E-state index is 0.0580. The summed E-state index contributed by atoms with van der Waals surface area (Å²) < 4.78 is 58.2. The van der Waals surface area contributed by atoms with Crippen LogP contribution >= 0.6 is 0 Å². The number of hydrogen-bond acceptors (Lipinski definition) is 11. The average Bonchev–Trinajstić information content (AvgIpc) is 3.35. The highest BCUT2D eigenvalue weighted by Crippen LogP contribution is 2.65. The number of aliphatic hydroxyl groups is 1. The zero-order valence-electron chi connectivity index (χ0n) is 23.8. The Hall–Kier alpha value is -4.43. The molecule has 1 saturated heterocycles. The second-order valence-electron chi connectivity index (χ2n) is 11.6. The first-order valence-electron chi connectivity index (χ1n) is 14.2. The van der Waals surface area contributed by atoms with Gasteiger partial charge in [-0.2, -0.15) is 13.2 Å². The van der Waals surface area contributed by atoms with E-state index in [1.807, 2.05) is 7.05 Å². The van der Waals surface area contributed by atoms with Crippen molar-refractivity contribution in [1.82, 2.24) is 4.90 Å². The van der Waals surface area contributed by atoms with E-state index in [1.54, 1.807) is 30.3 Å². The summed E-state index contributed by atoms with van der Waals surface area (Å²) in [6, 6.07) is 10.8. The fourth-order valence-electron chi connectivity index (χ4n) is 7.09. The quantitative estimate of drug-likeness (QED) is 0.264. The number of nitrogens with zero attached hydrogens (tertiary/aromatic N) is 1. The van der Waals surface area contributed by atoms with E-state index in [4.69, 9.17) is 14.2 Å². The lowest BCUT2D eigenvalue weighted by Crippen LogP contribution is -2.74. The number of esters is 4. The Morgan fingerprint density at radius 2 is 1.80 bits per heavy atom. The maximum Gasteiger partial charge on any atom is 0.491 e. The van der Waals surface area contributed by atoms with Crippen LogP contribution in [0.1, 0.15) is 48.5 Å². The van der Waals surface area contributed by atoms with Gasteiger partial charge in [0.15, 0.2) is 17.6 Å². The zero-order chi connectivity index (χ0) is 32.3. The van der Waals surface area contributed by atoms with Gasteiger partial charge in [-0.05, 0) is 44.1 Å². The van der Waals surface area contributed by atoms with Crippen LogP contribution in [0.3, 0.4) is 0 Å². The van der Waals surface area contributed by atoms with Gasteiger partial charge in [-0.15, -0.1) is 0 Å². The van der Waals surface area contributed by atoms with Crippen LogP contribution in [0.4, 0.5) is 13.2 Å². The van der Waals surface area contributed by atoms with E-state index in [9.17, 15) is 42.6 Å². The third-order valence-electron chi connectivity index (χ3n) is 9.11. The summed E-state index contributed by atoms with van der Waals surface area (Å²) in [5, 5.41) is 23.0. The Balaban J connectivity index is 1.24. The molecule has 2 aromatic carbocycles. The molecule has 0 saturated carbocycles. The molecule has 2 aromatic rings. The van der Waals surface area contributed by atoms with Crippen molar-refractivity contribution >= 4 is 23.9 Å². The SMILES string of the molecule is CN1CC[C@]23c4c5ccc(O)c4O[C@H]2C(OC(=O)[C@@H](OC(=O)CCC(=O)OC(=O)C(F)(F)F)c2ccccc2)=CC[C@@]3(O)[C@H]1C5. The van der Waals surface area contributed by atoms with Crippen LogP contribution in [0.25, 0.3) is 0 Å². The number of ether oxygens (including phenoxy) is 4. The topological polar surface area (TPSA) is 149 Å². The summed E-state index contributed by atoms with van der Waals surface area (Å²) in [5.41, 5.74) is -0.554. The summed E-state index contributed by atoms with van der Waals surface area (Å²) in [4.78, 5) is 50.9. The van der Waals surface area contributed by atoms with Gasteiger partial charge in [0.05, 0.1) is 23.9 Å². The van der Waals surface area contributed by atoms with Gasteiger partial charge in [0, 0.05) is 23.6 Å². The van der Waals surface area contributed by atoms with E-state index in [-0.39, 0.29) is 35.3 Å². The second kappa shape index (κ2) is 10.9. The summed E-state index contributed by atoms with van der Waals surface area (Å²) in [6.07, 6.45) is -7.13. The molecule has 6 rings (SSSR count). The highest BCUT2D eigenvalue weighted by Gasteiger charge is 2.72. The van der Waals surface area contributed by atoms with Crippen LogP contribution in [0.2, 0.25) is 0 Å². The van der Waals surface area contributed by atoms with Gasteiger partial charge in [0.25, 0.3) is 0 Å². The van der Waals surface area contributed by atoms with Crippen molar-refractivity contribution in [2.45, 2.75) is 67.5 Å². The van der Waals surface area contributed by atoms with Crippen LogP contribution in [-0.2, 0) is 45.2 Å². The molecule has 2 aliphatic carbocycles. The van der Waals surface area contributed by atoms with Crippen molar-refractivity contribution < 1.29 is 61.5 Å². The Bertz CT molecular complexity index is 1610. The molecule has 1 fully saturated rings. The summed E-state index contributed by atoms with van der Waals surface area (Å²) in [7, 11) is 1.93. The molecule has 2 N–H and O–H groups in total. The number of carbonyl (C=O) groups excluding carboxylic acids is 4. The van der Waals surface area contributed by atoms with Crippen LogP contribution < -0.4 is 4.74 Å². The number of aromatic hydroxyl groups is 1. The lowest BCUT2D eigenvalue weighted by atomic mass is 9.50. The summed E-state index contributed by atoms with van der Waals surface area (Å²) in [6.45, 7) is 0.601. The van der Waals surface area contributed by atoms with Crippen molar-refractivity contribution in [3.63, 3.8) is 0 Å². The molecule has 2 aliphatic heterocycles. The first-order chi connectivity index (χ1) is 21.3. The number of likely N-dealkylation sites (tertiary alicyclic amines) is 1. The van der Waals surface area contributed by atoms with Crippen molar-refractivity contribution in [3.05, 3.63) is 71.0 Å². The zero-order valence-corrected chi connectivity index (χ0v) is 23.8.